The molecule has 4 rings (SSSR count). The molecule has 56 heavy (non-hydrogen) atoms. The number of nitrogen functional groups attached to an aromatic ring is 2. The molecule has 2 heterocycles. The molecule has 0 fully saturated rings. The molecular formula is C30H33ClF6N12O5S2. The number of anilines is 6. The van der Waals surface area contributed by atoms with Crippen LogP contribution in [0.25, 0.3) is 0 Å². The minimum atomic E-state index is -4.51. The second-order valence-corrected chi connectivity index (χ2v) is 11.6. The molecule has 0 saturated heterocycles. The normalized spacial score (nSPS) is 10.8. The Kier molecular flexibility index (Phi) is 19.6. The highest BCUT2D eigenvalue weighted by Crippen LogP contribution is 2.32. The van der Waals surface area contributed by atoms with Gasteiger partial charge in [-0.1, -0.05) is 17.3 Å². The van der Waals surface area contributed by atoms with Crippen LogP contribution in [0.2, 0.25) is 0 Å². The van der Waals surface area contributed by atoms with Crippen LogP contribution in [0.5, 0.6) is 0 Å². The quantitative estimate of drug-likeness (QED) is 0.0171. The van der Waals surface area contributed by atoms with Crippen molar-refractivity contribution in [2.75, 3.05) is 58.3 Å². The second kappa shape index (κ2) is 22.7. The maximum Gasteiger partial charge on any atom is 0.416 e. The average molecular weight is 855 g/mol. The van der Waals surface area contributed by atoms with E-state index in [4.69, 9.17) is 21.9 Å². The minimum absolute atomic E-state index is 0. The Bertz CT molecular complexity index is 1980. The maximum absolute atomic E-state index is 12.7. The number of aromatic nitrogens is 4. The summed E-state index contributed by atoms with van der Waals surface area (Å²) >= 11 is 2.40. The van der Waals surface area contributed by atoms with Crippen LogP contribution < -0.4 is 38.6 Å². The number of nitrogens with two attached hydrogens (primary N) is 3. The predicted molar refractivity (Wildman–Crippen MR) is 202 cm³/mol. The van der Waals surface area contributed by atoms with Crippen molar-refractivity contribution in [3.05, 3.63) is 70.8 Å². The van der Waals surface area contributed by atoms with Crippen LogP contribution in [0.3, 0.4) is 0 Å². The molecule has 0 spiro atoms. The number of oxime groups is 1. The van der Waals surface area contributed by atoms with Gasteiger partial charge < -0.3 is 43.1 Å². The molecule has 4 aromatic rings. The fraction of sp³-hybridized carbons (Fsp3) is 0.200. The molecule has 0 radical (unpaired) electrons. The van der Waals surface area contributed by atoms with Crippen LogP contribution in [0.15, 0.2) is 63.7 Å². The molecule has 12 N–H and O–H groups in total. The van der Waals surface area contributed by atoms with Gasteiger partial charge in [0.15, 0.2) is 6.29 Å². The molecular weight excluding hydrogens is 822 g/mol. The first kappa shape index (κ1) is 48.4. The van der Waals surface area contributed by atoms with Gasteiger partial charge in [0.2, 0.25) is 23.7 Å². The van der Waals surface area contributed by atoms with Gasteiger partial charge in [-0.05, 0) is 48.9 Å². The molecule has 0 unspecified atom stereocenters. The van der Waals surface area contributed by atoms with E-state index in [1.807, 2.05) is 0 Å². The zero-order valence-corrected chi connectivity index (χ0v) is 31.2. The first-order valence-electron chi connectivity index (χ1n) is 14.7. The van der Waals surface area contributed by atoms with Crippen molar-refractivity contribution < 1.29 is 51.1 Å². The fourth-order valence-corrected chi connectivity index (χ4v) is 5.18. The van der Waals surface area contributed by atoms with Gasteiger partial charge in [0, 0.05) is 11.4 Å². The van der Waals surface area contributed by atoms with E-state index in [0.29, 0.717) is 21.9 Å². The second-order valence-electron chi connectivity index (χ2n) is 10.0. The number of aldehydes is 1. The standard InChI is InChI=1S/C15H15F3N6O2S.C15H14F3N5O2S.ClH.H3NO/c1-27-13-10(6-21-26)12(23-14(19)24-13)20-7-11(25)22-9-4-2-3-8(5-9)15(16,17)18;1-26-13-10(7-24)12(22-14(19)23-13)20-6-11(25)21-9-4-2-3-8(5-9)15(16,17)18;;1-2/h2-6,26H,7H2,1H3,(H,22,25)(H3,19,20,23,24);2-5,7H,6H2,1H3,(H,21,25)(H3,19,20,22,23);1H;2H,1H2/b21-6+;;;. The van der Waals surface area contributed by atoms with E-state index in [0.717, 1.165) is 30.5 Å². The maximum atomic E-state index is 12.7. The molecule has 2 aromatic carbocycles. The van der Waals surface area contributed by atoms with Crippen LogP contribution in [0.4, 0.5) is 61.2 Å². The van der Waals surface area contributed by atoms with E-state index in [2.05, 4.69) is 52.3 Å². The molecule has 2 aromatic heterocycles. The SMILES string of the molecule is CSc1nc(N)nc(NCC(=O)Nc2cccc(C(F)(F)F)c2)c1/C=N/O.CSc1nc(N)nc(NCC(=O)Nc2cccc(C(F)(F)F)c2)c1C=O.Cl.NO. The number of carbonyl (C=O) groups is 3. The average Bonchev–Trinajstić information content (AvgIpc) is 3.14. The number of halogens is 7. The molecule has 0 bridgehead atoms. The Morgan fingerprint density at radius 3 is 1.50 bits per heavy atom. The number of hydrogen-bond donors (Lipinski definition) is 9. The fourth-order valence-electron chi connectivity index (χ4n) is 4.08. The summed E-state index contributed by atoms with van der Waals surface area (Å²) in [5.74, 6) is 2.34. The van der Waals surface area contributed by atoms with Crippen molar-refractivity contribution in [3.8, 4) is 0 Å². The first-order valence-corrected chi connectivity index (χ1v) is 17.2. The van der Waals surface area contributed by atoms with Crippen molar-refractivity contribution in [3.63, 3.8) is 0 Å². The molecule has 0 atom stereocenters. The van der Waals surface area contributed by atoms with E-state index >= 15 is 0 Å². The number of nitrogens with zero attached hydrogens (tertiary/aromatic N) is 5. The van der Waals surface area contributed by atoms with Crippen LogP contribution in [-0.2, 0) is 21.9 Å². The lowest BCUT2D eigenvalue weighted by Crippen LogP contribution is -2.23. The number of benzene rings is 2. The number of amides is 2. The highest BCUT2D eigenvalue weighted by Gasteiger charge is 2.31. The molecule has 0 saturated carbocycles. The van der Waals surface area contributed by atoms with Gasteiger partial charge in [-0.25, -0.2) is 15.9 Å². The van der Waals surface area contributed by atoms with Crippen LogP contribution >= 0.6 is 35.9 Å². The van der Waals surface area contributed by atoms with Gasteiger partial charge in [-0.3, -0.25) is 14.4 Å². The topological polar surface area (TPSA) is 282 Å². The highest BCUT2D eigenvalue weighted by atomic mass is 35.5. The van der Waals surface area contributed by atoms with Gasteiger partial charge in [0.05, 0.1) is 41.6 Å². The van der Waals surface area contributed by atoms with Crippen LogP contribution in [0.1, 0.15) is 27.0 Å². The summed E-state index contributed by atoms with van der Waals surface area (Å²) in [6.45, 7) is -0.645. The Labute approximate surface area is 328 Å². The van der Waals surface area contributed by atoms with Gasteiger partial charge in [-0.2, -0.15) is 36.3 Å². The van der Waals surface area contributed by atoms with Gasteiger partial charge in [-0.15, -0.1) is 35.9 Å². The largest absolute Gasteiger partial charge is 0.416 e. The number of nitrogens with one attached hydrogen (secondary N) is 4. The summed E-state index contributed by atoms with van der Waals surface area (Å²) in [4.78, 5) is 50.9. The van der Waals surface area contributed by atoms with Gasteiger partial charge in [0.25, 0.3) is 0 Å². The number of alkyl halides is 6. The third-order valence-electron chi connectivity index (χ3n) is 6.33. The summed E-state index contributed by atoms with van der Waals surface area (Å²) in [5.41, 5.74) is 9.84. The smallest absolute Gasteiger partial charge is 0.411 e. The predicted octanol–water partition coefficient (Wildman–Crippen LogP) is 5.08. The minimum Gasteiger partial charge on any atom is -0.411 e. The summed E-state index contributed by atoms with van der Waals surface area (Å²) in [7, 11) is 0. The zero-order valence-electron chi connectivity index (χ0n) is 28.8. The molecule has 0 aliphatic heterocycles. The molecule has 26 heteroatoms. The number of carbonyl (C=O) groups excluding carboxylic acids is 3. The lowest BCUT2D eigenvalue weighted by molar-refractivity contribution is -0.138. The van der Waals surface area contributed by atoms with E-state index in [-0.39, 0.29) is 66.0 Å². The van der Waals surface area contributed by atoms with E-state index in [1.54, 1.807) is 12.5 Å². The van der Waals surface area contributed by atoms with E-state index < -0.39 is 35.3 Å². The monoisotopic (exact) mass is 854 g/mol. The van der Waals surface area contributed by atoms with Crippen LogP contribution in [-0.4, -0.2) is 80.3 Å². The van der Waals surface area contributed by atoms with Crippen molar-refractivity contribution in [2.45, 2.75) is 22.4 Å². The summed E-state index contributed by atoms with van der Waals surface area (Å²) in [5, 5.41) is 29.0. The van der Waals surface area contributed by atoms with Crippen molar-refractivity contribution in [1.29, 1.82) is 0 Å². The van der Waals surface area contributed by atoms with E-state index in [9.17, 15) is 40.7 Å². The number of thioether (sulfide) groups is 2. The van der Waals surface area contributed by atoms with Crippen molar-refractivity contribution in [1.82, 2.24) is 19.9 Å². The number of hydrogen-bond acceptors (Lipinski definition) is 17. The Hall–Kier alpha value is -5.63. The molecule has 304 valence electrons. The third-order valence-corrected chi connectivity index (χ3v) is 7.72. The first-order chi connectivity index (χ1) is 26.0. The van der Waals surface area contributed by atoms with Crippen molar-refractivity contribution >= 4 is 95.2 Å². The van der Waals surface area contributed by atoms with E-state index in [1.165, 1.54) is 47.8 Å². The molecule has 0 aliphatic carbocycles. The lowest BCUT2D eigenvalue weighted by Gasteiger charge is -2.12. The molecule has 17 nitrogen and oxygen atoms in total. The Morgan fingerprint density at radius 2 is 1.14 bits per heavy atom. The highest BCUT2D eigenvalue weighted by molar-refractivity contribution is 7.98. The van der Waals surface area contributed by atoms with Gasteiger partial charge >= 0.3 is 12.4 Å². The van der Waals surface area contributed by atoms with Crippen molar-refractivity contribution in [2.24, 2.45) is 11.1 Å². The lowest BCUT2D eigenvalue weighted by atomic mass is 10.2. The third kappa shape index (κ3) is 14.9. The van der Waals surface area contributed by atoms with Crippen LogP contribution in [0, 0.1) is 0 Å². The Morgan fingerprint density at radius 1 is 0.750 bits per heavy atom. The zero-order chi connectivity index (χ0) is 41.3. The van der Waals surface area contributed by atoms with Gasteiger partial charge in [0.1, 0.15) is 21.7 Å². The summed E-state index contributed by atoms with van der Waals surface area (Å²) in [6, 6.07) is 8.51. The molecule has 2 amide bonds. The number of rotatable bonds is 12. The molecule has 0 aliphatic rings. The Balaban J connectivity index is 0.000000528. The summed E-state index contributed by atoms with van der Waals surface area (Å²) in [6.07, 6.45) is -4.00. The summed E-state index contributed by atoms with van der Waals surface area (Å²) < 4.78 is 76.2.